The van der Waals surface area contributed by atoms with Gasteiger partial charge in [0, 0.05) is 11.4 Å². The lowest BCUT2D eigenvalue weighted by atomic mass is 10.2. The van der Waals surface area contributed by atoms with Crippen LogP contribution in [-0.2, 0) is 13.1 Å². The molecule has 7 heteroatoms. The number of furan rings is 1. The smallest absolute Gasteiger partial charge is 0.146 e. The van der Waals surface area contributed by atoms with Gasteiger partial charge in [-0.15, -0.1) is 21.5 Å². The normalized spacial score (nSPS) is 12.7. The monoisotopic (exact) mass is 322 g/mol. The van der Waals surface area contributed by atoms with Gasteiger partial charge >= 0.3 is 0 Å². The summed E-state index contributed by atoms with van der Waals surface area (Å²) in [5.41, 5.74) is 0. The maximum absolute atomic E-state index is 6.05. The van der Waals surface area contributed by atoms with Crippen molar-refractivity contribution in [2.75, 3.05) is 0 Å². The van der Waals surface area contributed by atoms with Crippen LogP contribution in [0, 0.1) is 0 Å². The van der Waals surface area contributed by atoms with Crippen LogP contribution in [-0.4, -0.2) is 14.8 Å². The topological polar surface area (TPSA) is 55.9 Å². The fourth-order valence-electron chi connectivity index (χ4n) is 2.15. The van der Waals surface area contributed by atoms with E-state index in [2.05, 4.69) is 22.4 Å². The minimum atomic E-state index is -0.0421. The molecule has 1 atom stereocenters. The van der Waals surface area contributed by atoms with Gasteiger partial charge in [-0.1, -0.05) is 11.6 Å². The number of thiophene rings is 1. The molecule has 3 aromatic heterocycles. The molecule has 3 aromatic rings. The molecule has 0 spiro atoms. The Balaban J connectivity index is 1.80. The van der Waals surface area contributed by atoms with Crippen LogP contribution in [0.15, 0.2) is 41.3 Å². The maximum Gasteiger partial charge on any atom is 0.146 e. The molecule has 1 unspecified atom stereocenters. The predicted molar refractivity (Wildman–Crippen MR) is 82.4 cm³/mol. The van der Waals surface area contributed by atoms with Crippen molar-refractivity contribution in [3.63, 3.8) is 0 Å². The van der Waals surface area contributed by atoms with Crippen LogP contribution in [0.3, 0.4) is 0 Å². The number of hydrogen-bond acceptors (Lipinski definition) is 5. The molecular formula is C14H15ClN4OS. The second kappa shape index (κ2) is 6.43. The summed E-state index contributed by atoms with van der Waals surface area (Å²) in [7, 11) is 0. The summed E-state index contributed by atoms with van der Waals surface area (Å²) in [6.45, 7) is 3.52. The predicted octanol–water partition coefficient (Wildman–Crippen LogP) is 3.49. The summed E-state index contributed by atoms with van der Waals surface area (Å²) in [5.74, 6) is 1.76. The molecule has 0 aliphatic carbocycles. The van der Waals surface area contributed by atoms with Crippen molar-refractivity contribution in [2.24, 2.45) is 0 Å². The molecule has 21 heavy (non-hydrogen) atoms. The second-order valence-electron chi connectivity index (χ2n) is 4.50. The van der Waals surface area contributed by atoms with E-state index in [1.165, 1.54) is 0 Å². The third-order valence-electron chi connectivity index (χ3n) is 3.21. The van der Waals surface area contributed by atoms with Gasteiger partial charge < -0.3 is 8.98 Å². The van der Waals surface area contributed by atoms with Gasteiger partial charge in [-0.3, -0.25) is 5.32 Å². The Hall–Kier alpha value is -1.63. The van der Waals surface area contributed by atoms with Crippen LogP contribution < -0.4 is 5.32 Å². The van der Waals surface area contributed by atoms with Gasteiger partial charge in [-0.25, -0.2) is 0 Å². The molecule has 0 saturated heterocycles. The first-order chi connectivity index (χ1) is 10.3. The van der Waals surface area contributed by atoms with Crippen LogP contribution in [0.5, 0.6) is 0 Å². The average Bonchev–Trinajstić information content (AvgIpc) is 3.21. The highest BCUT2D eigenvalue weighted by molar-refractivity contribution is 7.16. The zero-order chi connectivity index (χ0) is 14.7. The first-order valence-corrected chi connectivity index (χ1v) is 7.86. The maximum atomic E-state index is 6.05. The molecule has 0 amide bonds. The summed E-state index contributed by atoms with van der Waals surface area (Å²) in [4.78, 5) is 1.11. The highest BCUT2D eigenvalue weighted by Gasteiger charge is 2.19. The van der Waals surface area contributed by atoms with Crippen LogP contribution >= 0.6 is 22.9 Å². The fourth-order valence-corrected chi connectivity index (χ4v) is 3.30. The van der Waals surface area contributed by atoms with Crippen molar-refractivity contribution in [2.45, 2.75) is 26.1 Å². The third kappa shape index (κ3) is 3.18. The van der Waals surface area contributed by atoms with Gasteiger partial charge in [0.05, 0.1) is 17.1 Å². The number of nitrogens with one attached hydrogen (secondary N) is 1. The van der Waals surface area contributed by atoms with Crippen LogP contribution in [0.25, 0.3) is 0 Å². The van der Waals surface area contributed by atoms with Gasteiger partial charge in [-0.2, -0.15) is 0 Å². The molecule has 0 fully saturated rings. The standard InChI is InChI=1S/C14H15ClN4OS/c1-2-19-9-17-18-13(19)8-16-14(10-4-3-7-20-10)11-5-6-12(15)21-11/h3-7,9,14,16H,2,8H2,1H3. The van der Waals surface area contributed by atoms with E-state index < -0.39 is 0 Å². The Kier molecular flexibility index (Phi) is 4.38. The van der Waals surface area contributed by atoms with Crippen LogP contribution in [0.2, 0.25) is 4.34 Å². The number of halogens is 1. The highest BCUT2D eigenvalue weighted by atomic mass is 35.5. The Morgan fingerprint density at radius 3 is 3.00 bits per heavy atom. The number of nitrogens with zero attached hydrogens (tertiary/aromatic N) is 3. The van der Waals surface area contributed by atoms with Gasteiger partial charge in [0.25, 0.3) is 0 Å². The van der Waals surface area contributed by atoms with E-state index in [1.54, 1.807) is 23.9 Å². The van der Waals surface area contributed by atoms with Crippen molar-refractivity contribution < 1.29 is 4.42 Å². The van der Waals surface area contributed by atoms with Gasteiger partial charge in [0.1, 0.15) is 24.0 Å². The van der Waals surface area contributed by atoms with Crippen LogP contribution in [0.1, 0.15) is 29.4 Å². The first kappa shape index (κ1) is 14.3. The second-order valence-corrected chi connectivity index (χ2v) is 6.25. The van der Waals surface area contributed by atoms with Crippen LogP contribution in [0.4, 0.5) is 0 Å². The lowest BCUT2D eigenvalue weighted by Gasteiger charge is -2.15. The molecular weight excluding hydrogens is 308 g/mol. The zero-order valence-corrected chi connectivity index (χ0v) is 13.1. The van der Waals surface area contributed by atoms with E-state index >= 15 is 0 Å². The third-order valence-corrected chi connectivity index (χ3v) is 4.50. The fraction of sp³-hybridized carbons (Fsp3) is 0.286. The van der Waals surface area contributed by atoms with Crippen molar-refractivity contribution in [3.05, 3.63) is 57.7 Å². The summed E-state index contributed by atoms with van der Waals surface area (Å²) >= 11 is 7.59. The summed E-state index contributed by atoms with van der Waals surface area (Å²) < 4.78 is 8.32. The molecule has 5 nitrogen and oxygen atoms in total. The molecule has 0 aromatic carbocycles. The Morgan fingerprint density at radius 1 is 1.43 bits per heavy atom. The van der Waals surface area contributed by atoms with Gasteiger partial charge in [0.15, 0.2) is 0 Å². The minimum absolute atomic E-state index is 0.0421. The number of aryl methyl sites for hydroxylation is 1. The summed E-state index contributed by atoms with van der Waals surface area (Å²) in [5, 5.41) is 11.5. The van der Waals surface area contributed by atoms with E-state index in [4.69, 9.17) is 16.0 Å². The van der Waals surface area contributed by atoms with Gasteiger partial charge in [0.2, 0.25) is 0 Å². The lowest BCUT2D eigenvalue weighted by Crippen LogP contribution is -2.22. The Labute approximate surface area is 131 Å². The van der Waals surface area contributed by atoms with E-state index in [1.807, 2.05) is 28.8 Å². The van der Waals surface area contributed by atoms with E-state index in [-0.39, 0.29) is 6.04 Å². The molecule has 0 aliphatic heterocycles. The largest absolute Gasteiger partial charge is 0.467 e. The van der Waals surface area contributed by atoms with Gasteiger partial charge in [-0.05, 0) is 31.2 Å². The quantitative estimate of drug-likeness (QED) is 0.755. The zero-order valence-electron chi connectivity index (χ0n) is 11.5. The van der Waals surface area contributed by atoms with E-state index in [9.17, 15) is 0 Å². The molecule has 3 rings (SSSR count). The molecule has 110 valence electrons. The molecule has 0 saturated carbocycles. The highest BCUT2D eigenvalue weighted by Crippen LogP contribution is 2.31. The average molecular weight is 323 g/mol. The van der Waals surface area contributed by atoms with E-state index in [0.717, 1.165) is 27.3 Å². The van der Waals surface area contributed by atoms with Crippen molar-refractivity contribution in [3.8, 4) is 0 Å². The molecule has 0 radical (unpaired) electrons. The molecule has 0 bridgehead atoms. The number of hydrogen-bond donors (Lipinski definition) is 1. The Morgan fingerprint density at radius 2 is 2.33 bits per heavy atom. The first-order valence-electron chi connectivity index (χ1n) is 6.66. The number of rotatable bonds is 6. The molecule has 1 N–H and O–H groups in total. The Bertz CT molecular complexity index is 691. The number of aromatic nitrogens is 3. The minimum Gasteiger partial charge on any atom is -0.467 e. The molecule has 0 aliphatic rings. The van der Waals surface area contributed by atoms with E-state index in [0.29, 0.717) is 6.54 Å². The summed E-state index contributed by atoms with van der Waals surface area (Å²) in [6.07, 6.45) is 3.41. The lowest BCUT2D eigenvalue weighted by molar-refractivity contribution is 0.442. The summed E-state index contributed by atoms with van der Waals surface area (Å²) in [6, 6.07) is 7.70. The van der Waals surface area contributed by atoms with Crippen molar-refractivity contribution >= 4 is 22.9 Å². The SMILES string of the molecule is CCn1cnnc1CNC(c1ccco1)c1ccc(Cl)s1. The molecule has 3 heterocycles. The van der Waals surface area contributed by atoms with Crippen molar-refractivity contribution in [1.82, 2.24) is 20.1 Å². The van der Waals surface area contributed by atoms with Crippen molar-refractivity contribution in [1.29, 1.82) is 0 Å².